The van der Waals surface area contributed by atoms with Crippen molar-refractivity contribution in [2.24, 2.45) is 0 Å². The van der Waals surface area contributed by atoms with Crippen molar-refractivity contribution in [2.75, 3.05) is 6.54 Å². The molecule has 26 heavy (non-hydrogen) atoms. The largest absolute Gasteiger partial charge is 0.350 e. The molecule has 3 rings (SSSR count). The molecule has 1 aromatic rings. The third kappa shape index (κ3) is 3.64. The van der Waals surface area contributed by atoms with Crippen molar-refractivity contribution >= 4 is 17.7 Å². The number of carbonyl (C=O) groups is 3. The Morgan fingerprint density at radius 1 is 1.23 bits per heavy atom. The molecule has 1 fully saturated rings. The van der Waals surface area contributed by atoms with Gasteiger partial charge in [-0.2, -0.15) is 0 Å². The smallest absolute Gasteiger partial charge is 0.246 e. The molecule has 0 radical (unpaired) electrons. The predicted molar refractivity (Wildman–Crippen MR) is 97.9 cm³/mol. The standard InChI is InChI=1S/C20H25N3O3/c1-15(24)22-17-10-5-6-11-20(12-7-13-23(20)18(17)25)19(26)21-14-16-8-3-2-4-9-16/h2-6,8-9,17H,7,10-14H2,1H3,(H,21,26)(H,22,24)/b6-5-/t17-,20+/m1/s1. The maximum atomic E-state index is 13.1. The molecule has 0 bridgehead atoms. The van der Waals surface area contributed by atoms with E-state index in [1.54, 1.807) is 4.90 Å². The molecule has 2 aliphatic rings. The normalized spacial score (nSPS) is 26.4. The molecule has 6 nitrogen and oxygen atoms in total. The Labute approximate surface area is 153 Å². The van der Waals surface area contributed by atoms with Gasteiger partial charge in [-0.3, -0.25) is 14.4 Å². The minimum absolute atomic E-state index is 0.125. The lowest BCUT2D eigenvalue weighted by atomic mass is 9.88. The van der Waals surface area contributed by atoms with E-state index in [0.29, 0.717) is 32.4 Å². The molecule has 0 unspecified atom stereocenters. The number of hydrogen-bond donors (Lipinski definition) is 2. The molecule has 2 N–H and O–H groups in total. The number of nitrogens with one attached hydrogen (secondary N) is 2. The fraction of sp³-hybridized carbons (Fsp3) is 0.450. The molecule has 6 heteroatoms. The van der Waals surface area contributed by atoms with Crippen LogP contribution in [0, 0.1) is 0 Å². The summed E-state index contributed by atoms with van der Waals surface area (Å²) in [7, 11) is 0. The molecular formula is C20H25N3O3. The molecule has 138 valence electrons. The first-order valence-electron chi connectivity index (χ1n) is 9.09. The van der Waals surface area contributed by atoms with E-state index >= 15 is 0 Å². The Bertz CT molecular complexity index is 716. The number of carbonyl (C=O) groups excluding carboxylic acids is 3. The van der Waals surface area contributed by atoms with Gasteiger partial charge in [-0.25, -0.2) is 0 Å². The highest BCUT2D eigenvalue weighted by molar-refractivity contribution is 5.95. The van der Waals surface area contributed by atoms with Gasteiger partial charge in [0.2, 0.25) is 17.7 Å². The molecule has 0 saturated carbocycles. The molecule has 1 saturated heterocycles. The van der Waals surface area contributed by atoms with Crippen molar-refractivity contribution in [3.63, 3.8) is 0 Å². The molecule has 0 spiro atoms. The summed E-state index contributed by atoms with van der Waals surface area (Å²) in [6.45, 7) is 2.38. The minimum atomic E-state index is -0.862. The van der Waals surface area contributed by atoms with E-state index in [2.05, 4.69) is 10.6 Å². The van der Waals surface area contributed by atoms with Crippen LogP contribution in [0.25, 0.3) is 0 Å². The maximum absolute atomic E-state index is 13.1. The maximum Gasteiger partial charge on any atom is 0.246 e. The summed E-state index contributed by atoms with van der Waals surface area (Å²) in [5.74, 6) is -0.534. The number of amides is 3. The Kier molecular flexibility index (Phi) is 5.40. The molecule has 0 aliphatic carbocycles. The van der Waals surface area contributed by atoms with Crippen molar-refractivity contribution in [1.29, 1.82) is 0 Å². The minimum Gasteiger partial charge on any atom is -0.350 e. The average Bonchev–Trinajstić information content (AvgIpc) is 3.05. The third-order valence-electron chi connectivity index (χ3n) is 5.14. The van der Waals surface area contributed by atoms with Crippen LogP contribution in [0.3, 0.4) is 0 Å². The van der Waals surface area contributed by atoms with Gasteiger partial charge in [-0.15, -0.1) is 0 Å². The van der Waals surface area contributed by atoms with Crippen LogP contribution in [-0.4, -0.2) is 40.7 Å². The number of rotatable bonds is 4. The van der Waals surface area contributed by atoms with E-state index in [1.165, 1.54) is 6.92 Å². The second-order valence-corrected chi connectivity index (χ2v) is 6.96. The molecule has 2 aliphatic heterocycles. The van der Waals surface area contributed by atoms with Gasteiger partial charge in [-0.05, 0) is 31.2 Å². The van der Waals surface area contributed by atoms with Crippen molar-refractivity contribution in [1.82, 2.24) is 15.5 Å². The van der Waals surface area contributed by atoms with Gasteiger partial charge in [0.05, 0.1) is 0 Å². The Morgan fingerprint density at radius 3 is 2.73 bits per heavy atom. The average molecular weight is 355 g/mol. The van der Waals surface area contributed by atoms with Crippen LogP contribution in [-0.2, 0) is 20.9 Å². The molecule has 2 atom stereocenters. The molecule has 2 heterocycles. The summed E-state index contributed by atoms with van der Waals surface area (Å²) >= 11 is 0. The zero-order valence-electron chi connectivity index (χ0n) is 15.0. The van der Waals surface area contributed by atoms with Gasteiger partial charge in [0.15, 0.2) is 0 Å². The van der Waals surface area contributed by atoms with Crippen LogP contribution in [0.5, 0.6) is 0 Å². The molecule has 1 aromatic carbocycles. The van der Waals surface area contributed by atoms with E-state index in [4.69, 9.17) is 0 Å². The van der Waals surface area contributed by atoms with Gasteiger partial charge < -0.3 is 15.5 Å². The zero-order valence-corrected chi connectivity index (χ0v) is 15.0. The van der Waals surface area contributed by atoms with Crippen molar-refractivity contribution < 1.29 is 14.4 Å². The lowest BCUT2D eigenvalue weighted by molar-refractivity contribution is -0.147. The third-order valence-corrected chi connectivity index (χ3v) is 5.14. The SMILES string of the molecule is CC(=O)N[C@@H]1C/C=C\C[C@@]2(C(=O)NCc3ccccc3)CCCN2C1=O. The fourth-order valence-corrected chi connectivity index (χ4v) is 3.85. The predicted octanol–water partition coefficient (Wildman–Crippen LogP) is 1.52. The van der Waals surface area contributed by atoms with Crippen molar-refractivity contribution in [2.45, 2.75) is 50.7 Å². The summed E-state index contributed by atoms with van der Waals surface area (Å²) in [6, 6.07) is 9.11. The Hall–Kier alpha value is -2.63. The first-order valence-corrected chi connectivity index (χ1v) is 9.09. The van der Waals surface area contributed by atoms with Crippen molar-refractivity contribution in [3.8, 4) is 0 Å². The summed E-state index contributed by atoms with van der Waals surface area (Å²) in [6.07, 6.45) is 6.23. The molecule has 0 aromatic heterocycles. The van der Waals surface area contributed by atoms with Crippen LogP contribution < -0.4 is 10.6 Å². The van der Waals surface area contributed by atoms with E-state index in [9.17, 15) is 14.4 Å². The Balaban J connectivity index is 1.79. The van der Waals surface area contributed by atoms with Gasteiger partial charge in [-0.1, -0.05) is 42.5 Å². The van der Waals surface area contributed by atoms with Crippen LogP contribution in [0.2, 0.25) is 0 Å². The van der Waals surface area contributed by atoms with Crippen LogP contribution >= 0.6 is 0 Å². The van der Waals surface area contributed by atoms with Gasteiger partial charge in [0.1, 0.15) is 11.6 Å². The second-order valence-electron chi connectivity index (χ2n) is 6.96. The van der Waals surface area contributed by atoms with Gasteiger partial charge in [0, 0.05) is 20.0 Å². The number of benzene rings is 1. The second kappa shape index (κ2) is 7.72. The first kappa shape index (κ1) is 18.2. The number of fused-ring (bicyclic) bond motifs is 1. The summed E-state index contributed by atoms with van der Waals surface area (Å²) in [5, 5.41) is 5.71. The van der Waals surface area contributed by atoms with Crippen LogP contribution in [0.4, 0.5) is 0 Å². The first-order chi connectivity index (χ1) is 12.5. The highest BCUT2D eigenvalue weighted by atomic mass is 16.2. The lowest BCUT2D eigenvalue weighted by Crippen LogP contribution is -2.61. The van der Waals surface area contributed by atoms with Crippen molar-refractivity contribution in [3.05, 3.63) is 48.0 Å². The van der Waals surface area contributed by atoms with Crippen LogP contribution in [0.15, 0.2) is 42.5 Å². The van der Waals surface area contributed by atoms with E-state index in [1.807, 2.05) is 42.5 Å². The zero-order chi connectivity index (χ0) is 18.6. The Morgan fingerprint density at radius 2 is 2.00 bits per heavy atom. The fourth-order valence-electron chi connectivity index (χ4n) is 3.85. The quantitative estimate of drug-likeness (QED) is 0.804. The highest BCUT2D eigenvalue weighted by Gasteiger charge is 2.50. The van der Waals surface area contributed by atoms with E-state index in [-0.39, 0.29) is 17.7 Å². The summed E-state index contributed by atoms with van der Waals surface area (Å²) in [4.78, 5) is 39.2. The van der Waals surface area contributed by atoms with E-state index in [0.717, 1.165) is 12.0 Å². The molecular weight excluding hydrogens is 330 g/mol. The summed E-state index contributed by atoms with van der Waals surface area (Å²) < 4.78 is 0. The monoisotopic (exact) mass is 355 g/mol. The van der Waals surface area contributed by atoms with E-state index < -0.39 is 11.6 Å². The summed E-state index contributed by atoms with van der Waals surface area (Å²) in [5.41, 5.74) is 0.157. The van der Waals surface area contributed by atoms with Gasteiger partial charge in [0.25, 0.3) is 0 Å². The number of nitrogens with zero attached hydrogens (tertiary/aromatic N) is 1. The highest BCUT2D eigenvalue weighted by Crippen LogP contribution is 2.35. The van der Waals surface area contributed by atoms with Crippen LogP contribution in [0.1, 0.15) is 38.2 Å². The molecule has 3 amide bonds. The number of hydrogen-bond acceptors (Lipinski definition) is 3. The van der Waals surface area contributed by atoms with Gasteiger partial charge >= 0.3 is 0 Å². The topological polar surface area (TPSA) is 78.5 Å². The lowest BCUT2D eigenvalue weighted by Gasteiger charge is -2.39.